The summed E-state index contributed by atoms with van der Waals surface area (Å²) in [7, 11) is 0. The highest BCUT2D eigenvalue weighted by Gasteiger charge is 2.06. The lowest BCUT2D eigenvalue weighted by molar-refractivity contribution is 0.551. The summed E-state index contributed by atoms with van der Waals surface area (Å²) < 4.78 is 25.9. The third-order valence-electron chi connectivity index (χ3n) is 1.78. The Kier molecular flexibility index (Phi) is 3.39. The zero-order valence-electron chi connectivity index (χ0n) is 7.06. The minimum Gasteiger partial charge on any atom is -0.207 e. The fourth-order valence-corrected chi connectivity index (χ4v) is 1.12. The minimum absolute atomic E-state index is 0.0813. The average Bonchev–Trinajstić information content (AvgIpc) is 2.10. The first kappa shape index (κ1) is 9.66. The molecule has 0 aliphatic rings. The fourth-order valence-electron chi connectivity index (χ4n) is 1.12. The van der Waals surface area contributed by atoms with Gasteiger partial charge in [0.2, 0.25) is 0 Å². The molecule has 0 amide bonds. The average molecular weight is 181 g/mol. The largest absolute Gasteiger partial charge is 0.207 e. The molecule has 68 valence electrons. The van der Waals surface area contributed by atoms with Gasteiger partial charge in [-0.3, -0.25) is 0 Å². The molecule has 0 N–H and O–H groups in total. The Hall–Kier alpha value is -1.43. The van der Waals surface area contributed by atoms with Crippen LogP contribution in [0.5, 0.6) is 0 Å². The Morgan fingerprint density at radius 1 is 1.23 bits per heavy atom. The van der Waals surface area contributed by atoms with Crippen LogP contribution in [0.3, 0.4) is 0 Å². The van der Waals surface area contributed by atoms with Crippen LogP contribution in [0.2, 0.25) is 0 Å². The van der Waals surface area contributed by atoms with Gasteiger partial charge in [0, 0.05) is 12.0 Å². The van der Waals surface area contributed by atoms with Gasteiger partial charge in [-0.2, -0.15) is 5.26 Å². The molecule has 1 rings (SSSR count). The minimum atomic E-state index is -0.530. The van der Waals surface area contributed by atoms with Crippen molar-refractivity contribution in [1.82, 2.24) is 0 Å². The van der Waals surface area contributed by atoms with Crippen LogP contribution in [0, 0.1) is 23.0 Å². The van der Waals surface area contributed by atoms with Crippen LogP contribution in [0.15, 0.2) is 18.2 Å². The summed E-state index contributed by atoms with van der Waals surface area (Å²) in [5, 5.41) is 8.25. The number of hydrogen-bond donors (Lipinski definition) is 0. The van der Waals surface area contributed by atoms with Crippen LogP contribution in [-0.2, 0) is 6.42 Å². The molecule has 0 saturated heterocycles. The monoisotopic (exact) mass is 181 g/mol. The van der Waals surface area contributed by atoms with Crippen molar-refractivity contribution in [3.63, 3.8) is 0 Å². The summed E-state index contributed by atoms with van der Waals surface area (Å²) in [5.41, 5.74) is 0.0813. The van der Waals surface area contributed by atoms with Crippen molar-refractivity contribution in [2.75, 3.05) is 0 Å². The van der Waals surface area contributed by atoms with E-state index in [9.17, 15) is 8.78 Å². The van der Waals surface area contributed by atoms with Gasteiger partial charge >= 0.3 is 0 Å². The quantitative estimate of drug-likeness (QED) is 0.658. The Labute approximate surface area is 75.6 Å². The Balaban J connectivity index is 2.71. The molecule has 0 atom stereocenters. The highest BCUT2D eigenvalue weighted by Crippen LogP contribution is 2.14. The van der Waals surface area contributed by atoms with Gasteiger partial charge in [0.15, 0.2) is 0 Å². The van der Waals surface area contributed by atoms with E-state index in [1.807, 2.05) is 6.07 Å². The van der Waals surface area contributed by atoms with Crippen LogP contribution in [0.1, 0.15) is 18.4 Å². The Bertz CT molecular complexity index is 308. The lowest BCUT2D eigenvalue weighted by atomic mass is 10.1. The summed E-state index contributed by atoms with van der Waals surface area (Å²) in [6.45, 7) is 0. The van der Waals surface area contributed by atoms with E-state index >= 15 is 0 Å². The Morgan fingerprint density at radius 2 is 1.85 bits per heavy atom. The molecule has 0 fully saturated rings. The molecule has 3 heteroatoms. The molecule has 0 aliphatic carbocycles. The molecule has 13 heavy (non-hydrogen) atoms. The highest BCUT2D eigenvalue weighted by atomic mass is 19.1. The van der Waals surface area contributed by atoms with E-state index in [1.165, 1.54) is 18.2 Å². The highest BCUT2D eigenvalue weighted by molar-refractivity contribution is 5.19. The van der Waals surface area contributed by atoms with E-state index in [4.69, 9.17) is 5.26 Å². The third kappa shape index (κ3) is 2.51. The SMILES string of the molecule is N#CCCCc1c(F)cccc1F. The molecule has 0 heterocycles. The smallest absolute Gasteiger partial charge is 0.129 e. The van der Waals surface area contributed by atoms with Crippen molar-refractivity contribution in [3.05, 3.63) is 35.4 Å². The molecule has 1 nitrogen and oxygen atoms in total. The summed E-state index contributed by atoms with van der Waals surface area (Å²) in [6, 6.07) is 5.72. The maximum atomic E-state index is 13.0. The topological polar surface area (TPSA) is 23.8 Å². The summed E-state index contributed by atoms with van der Waals surface area (Å²) in [6.07, 6.45) is 1.11. The van der Waals surface area contributed by atoms with E-state index in [0.29, 0.717) is 12.8 Å². The molecule has 0 aliphatic heterocycles. The number of rotatable bonds is 3. The van der Waals surface area contributed by atoms with Crippen molar-refractivity contribution in [3.8, 4) is 6.07 Å². The predicted molar refractivity (Wildman–Crippen MR) is 44.9 cm³/mol. The summed E-state index contributed by atoms with van der Waals surface area (Å²) >= 11 is 0. The second-order valence-electron chi connectivity index (χ2n) is 2.71. The van der Waals surface area contributed by atoms with Crippen LogP contribution in [0.4, 0.5) is 8.78 Å². The van der Waals surface area contributed by atoms with Gasteiger partial charge in [0.25, 0.3) is 0 Å². The van der Waals surface area contributed by atoms with Crippen molar-refractivity contribution in [2.24, 2.45) is 0 Å². The first-order chi connectivity index (χ1) is 6.25. The number of hydrogen-bond acceptors (Lipinski definition) is 1. The van der Waals surface area contributed by atoms with Gasteiger partial charge in [-0.05, 0) is 25.0 Å². The molecule has 0 bridgehead atoms. The molecule has 1 aromatic carbocycles. The van der Waals surface area contributed by atoms with E-state index < -0.39 is 11.6 Å². The van der Waals surface area contributed by atoms with Gasteiger partial charge in [-0.15, -0.1) is 0 Å². The third-order valence-corrected chi connectivity index (χ3v) is 1.78. The zero-order chi connectivity index (χ0) is 9.68. The molecular weight excluding hydrogens is 172 g/mol. The molecule has 0 radical (unpaired) electrons. The van der Waals surface area contributed by atoms with Gasteiger partial charge in [-0.1, -0.05) is 6.07 Å². The van der Waals surface area contributed by atoms with Crippen LogP contribution >= 0.6 is 0 Å². The number of halogens is 2. The first-order valence-corrected chi connectivity index (χ1v) is 4.05. The van der Waals surface area contributed by atoms with Crippen LogP contribution < -0.4 is 0 Å². The molecular formula is C10H9F2N. The lowest BCUT2D eigenvalue weighted by Crippen LogP contribution is -1.94. The van der Waals surface area contributed by atoms with Crippen LogP contribution in [0.25, 0.3) is 0 Å². The lowest BCUT2D eigenvalue weighted by Gasteiger charge is -2.01. The van der Waals surface area contributed by atoms with Gasteiger partial charge in [0.05, 0.1) is 6.07 Å². The van der Waals surface area contributed by atoms with E-state index in [1.54, 1.807) is 0 Å². The number of benzene rings is 1. The first-order valence-electron chi connectivity index (χ1n) is 4.05. The number of unbranched alkanes of at least 4 members (excludes halogenated alkanes) is 1. The number of nitriles is 1. The van der Waals surface area contributed by atoms with Crippen molar-refractivity contribution in [2.45, 2.75) is 19.3 Å². The standard InChI is InChI=1S/C10H9F2N/c11-9-5-3-6-10(12)8(9)4-1-2-7-13/h3,5-6H,1-2,4H2. The molecule has 0 aromatic heterocycles. The summed E-state index contributed by atoms with van der Waals surface area (Å²) in [5.74, 6) is -1.06. The van der Waals surface area contributed by atoms with Crippen molar-refractivity contribution in [1.29, 1.82) is 5.26 Å². The zero-order valence-corrected chi connectivity index (χ0v) is 7.06. The Morgan fingerprint density at radius 3 is 2.38 bits per heavy atom. The van der Waals surface area contributed by atoms with E-state index in [2.05, 4.69) is 0 Å². The van der Waals surface area contributed by atoms with Crippen molar-refractivity contribution < 1.29 is 8.78 Å². The van der Waals surface area contributed by atoms with E-state index in [-0.39, 0.29) is 12.0 Å². The predicted octanol–water partition coefficient (Wildman–Crippen LogP) is 2.81. The van der Waals surface area contributed by atoms with Gasteiger partial charge in [0.1, 0.15) is 11.6 Å². The van der Waals surface area contributed by atoms with Gasteiger partial charge in [-0.25, -0.2) is 8.78 Å². The molecule has 0 unspecified atom stereocenters. The molecule has 0 spiro atoms. The second kappa shape index (κ2) is 4.56. The summed E-state index contributed by atoms with van der Waals surface area (Å²) in [4.78, 5) is 0. The van der Waals surface area contributed by atoms with Crippen LogP contribution in [-0.4, -0.2) is 0 Å². The normalized spacial score (nSPS) is 9.62. The number of nitrogens with zero attached hydrogens (tertiary/aromatic N) is 1. The molecule has 0 saturated carbocycles. The van der Waals surface area contributed by atoms with E-state index in [0.717, 1.165) is 0 Å². The molecule has 1 aromatic rings. The maximum absolute atomic E-state index is 13.0. The second-order valence-corrected chi connectivity index (χ2v) is 2.71. The maximum Gasteiger partial charge on any atom is 0.129 e. The fraction of sp³-hybridized carbons (Fsp3) is 0.300. The van der Waals surface area contributed by atoms with Crippen molar-refractivity contribution >= 4 is 0 Å². The van der Waals surface area contributed by atoms with Gasteiger partial charge < -0.3 is 0 Å².